The Morgan fingerprint density at radius 2 is 1.76 bits per heavy atom. The molecule has 2 aromatic rings. The average Bonchev–Trinajstić information content (AvgIpc) is 2.70. The van der Waals surface area contributed by atoms with Gasteiger partial charge in [-0.3, -0.25) is 9.48 Å². The zero-order valence-electron chi connectivity index (χ0n) is 13.3. The molecular formula is C16H23N3O2. The highest BCUT2D eigenvalue weighted by Crippen LogP contribution is 2.27. The maximum absolute atomic E-state index is 12.6. The van der Waals surface area contributed by atoms with E-state index in [4.69, 9.17) is 10.5 Å². The Hall–Kier alpha value is -2.17. The molecule has 1 aromatic heterocycles. The van der Waals surface area contributed by atoms with Crippen molar-refractivity contribution in [2.24, 2.45) is 0 Å². The first-order chi connectivity index (χ1) is 9.81. The highest BCUT2D eigenvalue weighted by atomic mass is 16.5. The summed E-state index contributed by atoms with van der Waals surface area (Å²) < 4.78 is 8.73. The van der Waals surface area contributed by atoms with Crippen LogP contribution in [0.25, 0.3) is 5.69 Å². The molecule has 0 aliphatic carbocycles. The van der Waals surface area contributed by atoms with Gasteiger partial charge in [-0.05, 0) is 31.2 Å². The summed E-state index contributed by atoms with van der Waals surface area (Å²) in [6.45, 7) is 8.85. The summed E-state index contributed by atoms with van der Waals surface area (Å²) in [6, 6.07) is 7.39. The fourth-order valence-electron chi connectivity index (χ4n) is 2.63. The Kier molecular flexibility index (Phi) is 3.85. The molecule has 0 radical (unpaired) electrons. The third-order valence-electron chi connectivity index (χ3n) is 3.50. The van der Waals surface area contributed by atoms with E-state index in [1.54, 1.807) is 11.8 Å². The van der Waals surface area contributed by atoms with Gasteiger partial charge in [-0.2, -0.15) is 0 Å². The number of ether oxygens (including phenoxy) is 1. The Balaban J connectivity index is 2.71. The Morgan fingerprint density at radius 1 is 1.19 bits per heavy atom. The van der Waals surface area contributed by atoms with E-state index in [1.807, 2.05) is 35.9 Å². The standard InChI is InChI=1S/C16H23N3O2/c1-6-18-14(16(2,3)4)13(17)15(20)19(18)11-7-9-12(21-5)10-8-11/h7-10H,6,17H2,1-5H3. The fraction of sp³-hybridized carbons (Fsp3) is 0.438. The van der Waals surface area contributed by atoms with Crippen molar-refractivity contribution in [2.75, 3.05) is 12.8 Å². The van der Waals surface area contributed by atoms with Crippen molar-refractivity contribution in [2.45, 2.75) is 39.7 Å². The van der Waals surface area contributed by atoms with E-state index in [1.165, 1.54) is 0 Å². The molecule has 0 saturated carbocycles. The lowest BCUT2D eigenvalue weighted by Crippen LogP contribution is -2.24. The Labute approximate surface area is 124 Å². The average molecular weight is 289 g/mol. The first kappa shape index (κ1) is 15.2. The smallest absolute Gasteiger partial charge is 0.294 e. The van der Waals surface area contributed by atoms with E-state index in [0.717, 1.165) is 17.1 Å². The number of hydrogen-bond donors (Lipinski definition) is 1. The molecule has 0 spiro atoms. The lowest BCUT2D eigenvalue weighted by Gasteiger charge is -2.22. The van der Waals surface area contributed by atoms with Gasteiger partial charge in [0.1, 0.15) is 11.4 Å². The van der Waals surface area contributed by atoms with E-state index >= 15 is 0 Å². The van der Waals surface area contributed by atoms with Crippen LogP contribution in [0.2, 0.25) is 0 Å². The van der Waals surface area contributed by atoms with Gasteiger partial charge in [0.25, 0.3) is 5.56 Å². The number of nitrogen functional groups attached to an aromatic ring is 1. The van der Waals surface area contributed by atoms with E-state index < -0.39 is 0 Å². The van der Waals surface area contributed by atoms with Crippen molar-refractivity contribution < 1.29 is 4.74 Å². The number of anilines is 1. The molecule has 2 rings (SSSR count). The van der Waals surface area contributed by atoms with Crippen LogP contribution in [0.5, 0.6) is 5.75 Å². The quantitative estimate of drug-likeness (QED) is 0.944. The molecule has 114 valence electrons. The largest absolute Gasteiger partial charge is 0.497 e. The number of nitrogens with zero attached hydrogens (tertiary/aromatic N) is 2. The zero-order chi connectivity index (χ0) is 15.8. The van der Waals surface area contributed by atoms with Gasteiger partial charge in [-0.15, -0.1) is 0 Å². The third-order valence-corrected chi connectivity index (χ3v) is 3.50. The molecule has 0 unspecified atom stereocenters. The van der Waals surface area contributed by atoms with Crippen LogP contribution in [0.15, 0.2) is 29.1 Å². The molecule has 5 nitrogen and oxygen atoms in total. The molecule has 1 aromatic carbocycles. The van der Waals surface area contributed by atoms with Gasteiger partial charge >= 0.3 is 0 Å². The molecule has 0 bridgehead atoms. The van der Waals surface area contributed by atoms with Gasteiger partial charge in [0.05, 0.1) is 18.5 Å². The minimum absolute atomic E-state index is 0.174. The van der Waals surface area contributed by atoms with Crippen LogP contribution in [0.3, 0.4) is 0 Å². The van der Waals surface area contributed by atoms with E-state index in [9.17, 15) is 4.79 Å². The van der Waals surface area contributed by atoms with Gasteiger partial charge in [0.2, 0.25) is 0 Å². The van der Waals surface area contributed by atoms with E-state index in [2.05, 4.69) is 20.8 Å². The number of benzene rings is 1. The first-order valence-corrected chi connectivity index (χ1v) is 7.07. The van der Waals surface area contributed by atoms with Crippen molar-refractivity contribution in [1.29, 1.82) is 0 Å². The number of methoxy groups -OCH3 is 1. The molecule has 0 fully saturated rings. The minimum Gasteiger partial charge on any atom is -0.497 e. The molecule has 0 aliphatic heterocycles. The van der Waals surface area contributed by atoms with Crippen LogP contribution in [0, 0.1) is 0 Å². The van der Waals surface area contributed by atoms with Crippen LogP contribution >= 0.6 is 0 Å². The van der Waals surface area contributed by atoms with Crippen LogP contribution in [-0.2, 0) is 12.0 Å². The predicted octanol–water partition coefficient (Wildman–Crippen LogP) is 2.55. The molecule has 21 heavy (non-hydrogen) atoms. The summed E-state index contributed by atoms with van der Waals surface area (Å²) in [4.78, 5) is 12.6. The first-order valence-electron chi connectivity index (χ1n) is 7.07. The van der Waals surface area contributed by atoms with E-state index in [0.29, 0.717) is 12.2 Å². The second kappa shape index (κ2) is 5.31. The lowest BCUT2D eigenvalue weighted by atomic mass is 9.91. The van der Waals surface area contributed by atoms with Gasteiger partial charge in [-0.1, -0.05) is 20.8 Å². The highest BCUT2D eigenvalue weighted by molar-refractivity contribution is 5.49. The predicted molar refractivity (Wildman–Crippen MR) is 85.4 cm³/mol. The molecule has 0 atom stereocenters. The second-order valence-electron chi connectivity index (χ2n) is 6.04. The van der Waals surface area contributed by atoms with Crippen molar-refractivity contribution in [3.63, 3.8) is 0 Å². The maximum Gasteiger partial charge on any atom is 0.294 e. The zero-order valence-corrected chi connectivity index (χ0v) is 13.3. The number of aromatic nitrogens is 2. The molecule has 0 saturated heterocycles. The normalized spacial score (nSPS) is 11.7. The summed E-state index contributed by atoms with van der Waals surface area (Å²) in [5.41, 5.74) is 7.68. The van der Waals surface area contributed by atoms with Crippen LogP contribution in [-0.4, -0.2) is 16.5 Å². The number of rotatable bonds is 3. The monoisotopic (exact) mass is 289 g/mol. The van der Waals surface area contributed by atoms with Crippen LogP contribution in [0.4, 0.5) is 5.69 Å². The number of hydrogen-bond acceptors (Lipinski definition) is 3. The van der Waals surface area contributed by atoms with E-state index in [-0.39, 0.29) is 11.0 Å². The summed E-state index contributed by atoms with van der Waals surface area (Å²) in [7, 11) is 1.62. The molecule has 0 amide bonds. The summed E-state index contributed by atoms with van der Waals surface area (Å²) in [5, 5.41) is 0. The summed E-state index contributed by atoms with van der Waals surface area (Å²) in [5.74, 6) is 0.755. The Morgan fingerprint density at radius 3 is 2.19 bits per heavy atom. The van der Waals surface area contributed by atoms with Crippen molar-refractivity contribution in [3.05, 3.63) is 40.3 Å². The van der Waals surface area contributed by atoms with Crippen molar-refractivity contribution in [3.8, 4) is 11.4 Å². The highest BCUT2D eigenvalue weighted by Gasteiger charge is 2.27. The van der Waals surface area contributed by atoms with Crippen molar-refractivity contribution in [1.82, 2.24) is 9.36 Å². The second-order valence-corrected chi connectivity index (χ2v) is 6.04. The van der Waals surface area contributed by atoms with Gasteiger partial charge in [-0.25, -0.2) is 4.68 Å². The molecular weight excluding hydrogens is 266 g/mol. The minimum atomic E-state index is -0.197. The van der Waals surface area contributed by atoms with Crippen molar-refractivity contribution >= 4 is 5.69 Å². The van der Waals surface area contributed by atoms with Crippen LogP contribution in [0.1, 0.15) is 33.4 Å². The third kappa shape index (κ3) is 2.55. The summed E-state index contributed by atoms with van der Waals surface area (Å²) in [6.07, 6.45) is 0. The maximum atomic E-state index is 12.6. The fourth-order valence-corrected chi connectivity index (χ4v) is 2.63. The van der Waals surface area contributed by atoms with Gasteiger partial charge < -0.3 is 10.5 Å². The summed E-state index contributed by atoms with van der Waals surface area (Å²) >= 11 is 0. The van der Waals surface area contributed by atoms with Gasteiger partial charge in [0.15, 0.2) is 0 Å². The van der Waals surface area contributed by atoms with Gasteiger partial charge in [0, 0.05) is 12.0 Å². The molecule has 0 aliphatic rings. The molecule has 2 N–H and O–H groups in total. The Bertz CT molecular complexity index is 688. The molecule has 1 heterocycles. The number of nitrogens with two attached hydrogens (primary N) is 1. The SMILES string of the molecule is CCn1c(C(C)(C)C)c(N)c(=O)n1-c1ccc(OC)cc1. The van der Waals surface area contributed by atoms with Crippen LogP contribution < -0.4 is 16.0 Å². The molecule has 5 heteroatoms. The topological polar surface area (TPSA) is 62.2 Å². The lowest BCUT2D eigenvalue weighted by molar-refractivity contribution is 0.414.